The number of aryl methyl sites for hydroxylation is 1. The Balaban J connectivity index is 2.23. The molecule has 0 aliphatic carbocycles. The van der Waals surface area contributed by atoms with Crippen LogP contribution in [0.2, 0.25) is 0 Å². The summed E-state index contributed by atoms with van der Waals surface area (Å²) in [7, 11) is 0. The number of halogens is 1. The highest BCUT2D eigenvalue weighted by Gasteiger charge is 2.08. The molecule has 5 heteroatoms. The average Bonchev–Trinajstić information content (AvgIpc) is 2.39. The molecule has 1 aromatic heterocycles. The highest BCUT2D eigenvalue weighted by atomic mass is 19.1. The first-order valence-electron chi connectivity index (χ1n) is 6.60. The zero-order valence-corrected chi connectivity index (χ0v) is 11.2. The topological polar surface area (TPSA) is 47.0 Å². The second kappa shape index (κ2) is 8.80. The SMILES string of the molecule is CCCCOCCCNc1ncnc(CC)c1F. The van der Waals surface area contributed by atoms with Crippen LogP contribution in [0.4, 0.5) is 10.2 Å². The molecule has 102 valence electrons. The lowest BCUT2D eigenvalue weighted by Gasteiger charge is -2.08. The van der Waals surface area contributed by atoms with Gasteiger partial charge in [0.15, 0.2) is 11.6 Å². The van der Waals surface area contributed by atoms with Gasteiger partial charge in [-0.25, -0.2) is 14.4 Å². The van der Waals surface area contributed by atoms with Crippen molar-refractivity contribution in [1.82, 2.24) is 9.97 Å². The van der Waals surface area contributed by atoms with Gasteiger partial charge in [-0.15, -0.1) is 0 Å². The Hall–Kier alpha value is -1.23. The van der Waals surface area contributed by atoms with Crippen molar-refractivity contribution in [1.29, 1.82) is 0 Å². The fourth-order valence-corrected chi connectivity index (χ4v) is 1.51. The van der Waals surface area contributed by atoms with Gasteiger partial charge in [0.2, 0.25) is 0 Å². The molecule has 0 spiro atoms. The van der Waals surface area contributed by atoms with Gasteiger partial charge in [-0.3, -0.25) is 0 Å². The van der Waals surface area contributed by atoms with Crippen molar-refractivity contribution < 1.29 is 9.13 Å². The normalized spacial score (nSPS) is 10.6. The first kappa shape index (κ1) is 14.8. The molecule has 0 saturated heterocycles. The lowest BCUT2D eigenvalue weighted by atomic mass is 10.3. The third kappa shape index (κ3) is 4.96. The zero-order valence-electron chi connectivity index (χ0n) is 11.2. The summed E-state index contributed by atoms with van der Waals surface area (Å²) in [5.74, 6) is -0.0534. The van der Waals surface area contributed by atoms with E-state index in [-0.39, 0.29) is 11.6 Å². The molecule has 0 fully saturated rings. The molecular weight excluding hydrogens is 233 g/mol. The number of nitrogens with one attached hydrogen (secondary N) is 1. The van der Waals surface area contributed by atoms with Crippen molar-refractivity contribution in [2.75, 3.05) is 25.1 Å². The van der Waals surface area contributed by atoms with Gasteiger partial charge >= 0.3 is 0 Å². The Kier molecular flexibility index (Phi) is 7.25. The maximum absolute atomic E-state index is 13.7. The molecule has 18 heavy (non-hydrogen) atoms. The fraction of sp³-hybridized carbons (Fsp3) is 0.692. The number of unbranched alkanes of at least 4 members (excludes halogenated alkanes) is 1. The monoisotopic (exact) mass is 255 g/mol. The van der Waals surface area contributed by atoms with E-state index in [0.29, 0.717) is 25.3 Å². The number of hydrogen-bond acceptors (Lipinski definition) is 4. The van der Waals surface area contributed by atoms with Crippen molar-refractivity contribution in [3.63, 3.8) is 0 Å². The number of hydrogen-bond donors (Lipinski definition) is 1. The molecule has 1 heterocycles. The van der Waals surface area contributed by atoms with Crippen LogP contribution < -0.4 is 5.32 Å². The highest BCUT2D eigenvalue weighted by molar-refractivity contribution is 5.36. The van der Waals surface area contributed by atoms with Gasteiger partial charge in [-0.05, 0) is 19.3 Å². The maximum Gasteiger partial charge on any atom is 0.186 e. The van der Waals surface area contributed by atoms with Crippen LogP contribution in [0.1, 0.15) is 38.8 Å². The first-order valence-corrected chi connectivity index (χ1v) is 6.60. The lowest BCUT2D eigenvalue weighted by Crippen LogP contribution is -2.10. The highest BCUT2D eigenvalue weighted by Crippen LogP contribution is 2.12. The minimum Gasteiger partial charge on any atom is -0.381 e. The molecule has 1 aromatic rings. The molecule has 4 nitrogen and oxygen atoms in total. The van der Waals surface area contributed by atoms with Crippen LogP contribution in [-0.2, 0) is 11.2 Å². The van der Waals surface area contributed by atoms with Crippen LogP contribution in [0, 0.1) is 5.82 Å². The number of ether oxygens (including phenoxy) is 1. The summed E-state index contributed by atoms with van der Waals surface area (Å²) >= 11 is 0. The molecule has 0 atom stereocenters. The van der Waals surface area contributed by atoms with E-state index in [1.807, 2.05) is 6.92 Å². The van der Waals surface area contributed by atoms with Crippen molar-refractivity contribution >= 4 is 5.82 Å². The molecule has 0 bridgehead atoms. The second-order valence-electron chi connectivity index (χ2n) is 4.08. The second-order valence-corrected chi connectivity index (χ2v) is 4.08. The van der Waals surface area contributed by atoms with Gasteiger partial charge in [0.05, 0.1) is 5.69 Å². The van der Waals surface area contributed by atoms with E-state index in [2.05, 4.69) is 22.2 Å². The fourth-order valence-electron chi connectivity index (χ4n) is 1.51. The van der Waals surface area contributed by atoms with Crippen LogP contribution in [-0.4, -0.2) is 29.7 Å². The number of rotatable bonds is 9. The Morgan fingerprint density at radius 2 is 2.00 bits per heavy atom. The van der Waals surface area contributed by atoms with E-state index < -0.39 is 0 Å². The molecule has 0 radical (unpaired) electrons. The Morgan fingerprint density at radius 3 is 2.72 bits per heavy atom. The predicted octanol–water partition coefficient (Wildman–Crippen LogP) is 2.80. The summed E-state index contributed by atoms with van der Waals surface area (Å²) in [6.45, 7) is 6.16. The quantitative estimate of drug-likeness (QED) is 0.689. The number of anilines is 1. The molecule has 0 unspecified atom stereocenters. The third-order valence-corrected chi connectivity index (χ3v) is 2.60. The third-order valence-electron chi connectivity index (χ3n) is 2.60. The molecule has 1 rings (SSSR count). The number of aromatic nitrogens is 2. The van der Waals surface area contributed by atoms with E-state index in [9.17, 15) is 4.39 Å². The Morgan fingerprint density at radius 1 is 1.22 bits per heavy atom. The summed E-state index contributed by atoms with van der Waals surface area (Å²) < 4.78 is 19.2. The van der Waals surface area contributed by atoms with Crippen LogP contribution in [0.25, 0.3) is 0 Å². The minimum absolute atomic E-state index is 0.287. The van der Waals surface area contributed by atoms with Crippen molar-refractivity contribution in [2.45, 2.75) is 39.5 Å². The summed E-state index contributed by atoms with van der Waals surface area (Å²) in [4.78, 5) is 7.78. The molecular formula is C13H22FN3O. The summed E-state index contributed by atoms with van der Waals surface area (Å²) in [6.07, 6.45) is 5.04. The van der Waals surface area contributed by atoms with Gasteiger partial charge in [-0.2, -0.15) is 0 Å². The smallest absolute Gasteiger partial charge is 0.186 e. The zero-order chi connectivity index (χ0) is 13.2. The van der Waals surface area contributed by atoms with Gasteiger partial charge in [0.1, 0.15) is 6.33 Å². The van der Waals surface area contributed by atoms with Gasteiger partial charge < -0.3 is 10.1 Å². The Bertz CT molecular complexity index is 347. The summed E-state index contributed by atoms with van der Waals surface area (Å²) in [5.41, 5.74) is 0.451. The van der Waals surface area contributed by atoms with Crippen molar-refractivity contribution in [2.24, 2.45) is 0 Å². The van der Waals surface area contributed by atoms with E-state index in [4.69, 9.17) is 4.74 Å². The van der Waals surface area contributed by atoms with Crippen molar-refractivity contribution in [3.05, 3.63) is 17.8 Å². The van der Waals surface area contributed by atoms with E-state index in [1.54, 1.807) is 0 Å². The van der Waals surface area contributed by atoms with Crippen molar-refractivity contribution in [3.8, 4) is 0 Å². The van der Waals surface area contributed by atoms with Crippen LogP contribution in [0.3, 0.4) is 0 Å². The van der Waals surface area contributed by atoms with Crippen LogP contribution in [0.5, 0.6) is 0 Å². The van der Waals surface area contributed by atoms with Crippen LogP contribution in [0.15, 0.2) is 6.33 Å². The molecule has 0 aliphatic heterocycles. The van der Waals surface area contributed by atoms with E-state index in [1.165, 1.54) is 6.33 Å². The maximum atomic E-state index is 13.7. The molecule has 0 saturated carbocycles. The predicted molar refractivity (Wildman–Crippen MR) is 70.2 cm³/mol. The molecule has 0 amide bonds. The van der Waals surface area contributed by atoms with E-state index >= 15 is 0 Å². The average molecular weight is 255 g/mol. The largest absolute Gasteiger partial charge is 0.381 e. The lowest BCUT2D eigenvalue weighted by molar-refractivity contribution is 0.131. The summed E-state index contributed by atoms with van der Waals surface area (Å²) in [6, 6.07) is 0. The number of nitrogens with zero attached hydrogens (tertiary/aromatic N) is 2. The molecule has 0 aromatic carbocycles. The minimum atomic E-state index is -0.341. The Labute approximate surface area is 108 Å². The molecule has 0 aliphatic rings. The van der Waals surface area contributed by atoms with Crippen LogP contribution >= 0.6 is 0 Å². The van der Waals surface area contributed by atoms with Gasteiger partial charge in [-0.1, -0.05) is 20.3 Å². The molecule has 1 N–H and O–H groups in total. The van der Waals surface area contributed by atoms with Gasteiger partial charge in [0, 0.05) is 19.8 Å². The van der Waals surface area contributed by atoms with E-state index in [0.717, 1.165) is 25.9 Å². The first-order chi connectivity index (χ1) is 8.79. The van der Waals surface area contributed by atoms with Gasteiger partial charge in [0.25, 0.3) is 0 Å². The standard InChI is InChI=1S/C13H22FN3O/c1-3-5-8-18-9-6-7-15-13-12(14)11(4-2)16-10-17-13/h10H,3-9H2,1-2H3,(H,15,16,17). The summed E-state index contributed by atoms with van der Waals surface area (Å²) in [5, 5.41) is 2.97.